The molecule has 1 rings (SSSR count). The van der Waals surface area contributed by atoms with E-state index in [0.29, 0.717) is 0 Å². The van der Waals surface area contributed by atoms with Crippen molar-refractivity contribution in [1.29, 1.82) is 0 Å². The number of aromatic nitrogens is 1. The fourth-order valence-corrected chi connectivity index (χ4v) is 0.929. The second-order valence-electron chi connectivity index (χ2n) is 2.57. The van der Waals surface area contributed by atoms with E-state index in [1.807, 2.05) is 0 Å². The first-order valence-corrected chi connectivity index (χ1v) is 3.81. The van der Waals surface area contributed by atoms with Crippen LogP contribution in [0.1, 0.15) is 20.7 Å². The zero-order chi connectivity index (χ0) is 10.7. The van der Waals surface area contributed by atoms with E-state index in [9.17, 15) is 14.4 Å². The molecule has 14 heavy (non-hydrogen) atoms. The number of hydrogen-bond donors (Lipinski definition) is 3. The van der Waals surface area contributed by atoms with Gasteiger partial charge in [0.05, 0.1) is 5.56 Å². The zero-order valence-corrected chi connectivity index (χ0v) is 7.46. The molecule has 1 aromatic heterocycles. The smallest absolute Gasteiger partial charge is 0.260 e. The number of aromatic amines is 1. The van der Waals surface area contributed by atoms with Crippen LogP contribution in [0.25, 0.3) is 0 Å². The topological polar surface area (TPSA) is 105 Å². The van der Waals surface area contributed by atoms with Crippen molar-refractivity contribution in [1.82, 2.24) is 10.3 Å². The molecule has 0 aliphatic heterocycles. The number of carbonyl (C=O) groups excluding carboxylic acids is 2. The number of nitrogens with one attached hydrogen (secondary N) is 2. The first-order valence-electron chi connectivity index (χ1n) is 3.81. The summed E-state index contributed by atoms with van der Waals surface area (Å²) in [6.07, 6.45) is 1.16. The number of H-pyrrole nitrogens is 1. The van der Waals surface area contributed by atoms with Gasteiger partial charge in [0.2, 0.25) is 5.91 Å². The summed E-state index contributed by atoms with van der Waals surface area (Å²) >= 11 is 0. The molecule has 0 radical (unpaired) electrons. The van der Waals surface area contributed by atoms with Gasteiger partial charge in [0.25, 0.3) is 11.5 Å². The highest BCUT2D eigenvalue weighted by Crippen LogP contribution is 1.97. The van der Waals surface area contributed by atoms with E-state index in [0.717, 1.165) is 12.3 Å². The normalized spacial score (nSPS) is 9.50. The molecule has 0 aliphatic carbocycles. The third-order valence-corrected chi connectivity index (χ3v) is 1.66. The van der Waals surface area contributed by atoms with Crippen LogP contribution in [-0.4, -0.2) is 23.8 Å². The summed E-state index contributed by atoms with van der Waals surface area (Å²) in [6.45, 7) is 0. The monoisotopic (exact) mass is 195 g/mol. The summed E-state index contributed by atoms with van der Waals surface area (Å²) in [5.41, 5.74) is 4.37. The summed E-state index contributed by atoms with van der Waals surface area (Å²) < 4.78 is 0. The maximum Gasteiger partial charge on any atom is 0.260 e. The van der Waals surface area contributed by atoms with Gasteiger partial charge in [-0.2, -0.15) is 0 Å². The molecule has 6 heteroatoms. The summed E-state index contributed by atoms with van der Waals surface area (Å²) in [5.74, 6) is -1.26. The largest absolute Gasteiger partial charge is 0.366 e. The highest BCUT2D eigenvalue weighted by atomic mass is 16.2. The quantitative estimate of drug-likeness (QED) is 0.553. The third kappa shape index (κ3) is 1.79. The molecule has 2 amide bonds. The Morgan fingerprint density at radius 2 is 2.14 bits per heavy atom. The molecule has 0 unspecified atom stereocenters. The molecule has 0 saturated carbocycles. The van der Waals surface area contributed by atoms with Crippen molar-refractivity contribution in [3.05, 3.63) is 33.7 Å². The van der Waals surface area contributed by atoms with Crippen molar-refractivity contribution in [2.24, 2.45) is 5.73 Å². The van der Waals surface area contributed by atoms with Crippen molar-refractivity contribution in [3.63, 3.8) is 0 Å². The van der Waals surface area contributed by atoms with Crippen LogP contribution in [-0.2, 0) is 0 Å². The summed E-state index contributed by atoms with van der Waals surface area (Å²) in [4.78, 5) is 35.2. The Kier molecular flexibility index (Phi) is 2.66. The Morgan fingerprint density at radius 3 is 2.64 bits per heavy atom. The third-order valence-electron chi connectivity index (χ3n) is 1.66. The molecule has 1 aromatic rings. The van der Waals surface area contributed by atoms with E-state index in [1.165, 1.54) is 7.05 Å². The first kappa shape index (κ1) is 9.97. The number of rotatable bonds is 2. The minimum absolute atomic E-state index is 0.0863. The predicted molar refractivity (Wildman–Crippen MR) is 49.0 cm³/mol. The van der Waals surface area contributed by atoms with E-state index in [-0.39, 0.29) is 11.1 Å². The molecule has 0 saturated heterocycles. The summed E-state index contributed by atoms with van der Waals surface area (Å²) in [5, 5.41) is 2.28. The molecule has 4 N–H and O–H groups in total. The maximum atomic E-state index is 11.1. The van der Waals surface area contributed by atoms with Crippen LogP contribution < -0.4 is 16.6 Å². The van der Waals surface area contributed by atoms with Crippen LogP contribution in [0.2, 0.25) is 0 Å². The van der Waals surface area contributed by atoms with Gasteiger partial charge in [-0.15, -0.1) is 0 Å². The SMILES string of the molecule is CNC(=O)c1cc(C(N)=O)c[nH]c1=O. The number of carbonyl (C=O) groups is 2. The molecular formula is C8H9N3O3. The van der Waals surface area contributed by atoms with Gasteiger partial charge >= 0.3 is 0 Å². The summed E-state index contributed by atoms with van der Waals surface area (Å²) in [6, 6.07) is 1.15. The van der Waals surface area contributed by atoms with Crippen molar-refractivity contribution in [2.45, 2.75) is 0 Å². The van der Waals surface area contributed by atoms with Crippen molar-refractivity contribution in [2.75, 3.05) is 7.05 Å². The number of amides is 2. The molecule has 0 spiro atoms. The molecule has 0 bridgehead atoms. The van der Waals surface area contributed by atoms with E-state index >= 15 is 0 Å². The lowest BCUT2D eigenvalue weighted by molar-refractivity contribution is 0.0961. The zero-order valence-electron chi connectivity index (χ0n) is 7.46. The van der Waals surface area contributed by atoms with Crippen molar-refractivity contribution < 1.29 is 9.59 Å². The van der Waals surface area contributed by atoms with E-state index in [2.05, 4.69) is 10.3 Å². The van der Waals surface area contributed by atoms with Gasteiger partial charge in [-0.05, 0) is 6.07 Å². The predicted octanol–water partition coefficient (Wildman–Crippen LogP) is -1.17. The fraction of sp³-hybridized carbons (Fsp3) is 0.125. The average Bonchev–Trinajstić information content (AvgIpc) is 2.17. The first-order chi connectivity index (χ1) is 6.56. The van der Waals surface area contributed by atoms with Crippen LogP contribution in [0.5, 0.6) is 0 Å². The minimum Gasteiger partial charge on any atom is -0.366 e. The van der Waals surface area contributed by atoms with Crippen molar-refractivity contribution >= 4 is 11.8 Å². The molecule has 0 aromatic carbocycles. The Bertz CT molecular complexity index is 436. The Balaban J connectivity index is 3.28. The van der Waals surface area contributed by atoms with Gasteiger partial charge in [-0.25, -0.2) is 0 Å². The van der Waals surface area contributed by atoms with Gasteiger partial charge in [-0.1, -0.05) is 0 Å². The lowest BCUT2D eigenvalue weighted by atomic mass is 10.2. The van der Waals surface area contributed by atoms with Gasteiger partial charge in [0.15, 0.2) is 0 Å². The Morgan fingerprint density at radius 1 is 1.50 bits per heavy atom. The van der Waals surface area contributed by atoms with E-state index in [4.69, 9.17) is 5.73 Å². The van der Waals surface area contributed by atoms with Crippen LogP contribution >= 0.6 is 0 Å². The van der Waals surface area contributed by atoms with Crippen LogP contribution in [0.15, 0.2) is 17.1 Å². The van der Waals surface area contributed by atoms with Crippen LogP contribution in [0.4, 0.5) is 0 Å². The second kappa shape index (κ2) is 3.73. The van der Waals surface area contributed by atoms with Gasteiger partial charge < -0.3 is 16.0 Å². The number of hydrogen-bond acceptors (Lipinski definition) is 3. The Labute approximate surface area is 79.1 Å². The molecule has 0 fully saturated rings. The lowest BCUT2D eigenvalue weighted by Gasteiger charge is -1.99. The van der Waals surface area contributed by atoms with Gasteiger partial charge in [0, 0.05) is 13.2 Å². The lowest BCUT2D eigenvalue weighted by Crippen LogP contribution is -2.27. The van der Waals surface area contributed by atoms with Crippen LogP contribution in [0, 0.1) is 0 Å². The molecule has 74 valence electrons. The molecule has 0 atom stereocenters. The van der Waals surface area contributed by atoms with Gasteiger partial charge in [-0.3, -0.25) is 14.4 Å². The molecule has 1 heterocycles. The van der Waals surface area contributed by atoms with Crippen LogP contribution in [0.3, 0.4) is 0 Å². The number of primary amides is 1. The maximum absolute atomic E-state index is 11.1. The standard InChI is InChI=1S/C8H9N3O3/c1-10-7(13)5-2-4(6(9)12)3-11-8(5)14/h2-3H,1H3,(H2,9,12)(H,10,13)(H,11,14). The van der Waals surface area contributed by atoms with E-state index < -0.39 is 17.4 Å². The molecule has 0 aliphatic rings. The average molecular weight is 195 g/mol. The van der Waals surface area contributed by atoms with E-state index in [1.54, 1.807) is 0 Å². The number of pyridine rings is 1. The van der Waals surface area contributed by atoms with Crippen molar-refractivity contribution in [3.8, 4) is 0 Å². The highest BCUT2D eigenvalue weighted by Gasteiger charge is 2.11. The second-order valence-corrected chi connectivity index (χ2v) is 2.57. The Hall–Kier alpha value is -2.11. The molecule has 6 nitrogen and oxygen atoms in total. The fourth-order valence-electron chi connectivity index (χ4n) is 0.929. The van der Waals surface area contributed by atoms with Gasteiger partial charge in [0.1, 0.15) is 5.56 Å². The number of nitrogens with two attached hydrogens (primary N) is 1. The highest BCUT2D eigenvalue weighted by molar-refractivity contribution is 5.98. The molecular weight excluding hydrogens is 186 g/mol. The minimum atomic E-state index is -0.702. The summed E-state index contributed by atoms with van der Waals surface area (Å²) in [7, 11) is 1.39.